The van der Waals surface area contributed by atoms with Gasteiger partial charge in [-0.15, -0.1) is 0 Å². The van der Waals surface area contributed by atoms with Gasteiger partial charge in [-0.25, -0.2) is 0 Å². The van der Waals surface area contributed by atoms with Crippen LogP contribution in [0.3, 0.4) is 0 Å². The molecule has 1 aromatic heterocycles. The van der Waals surface area contributed by atoms with Gasteiger partial charge in [0.15, 0.2) is 6.29 Å². The predicted octanol–water partition coefficient (Wildman–Crippen LogP) is 0.802. The number of nitrogens with one attached hydrogen (secondary N) is 1. The third-order valence-electron chi connectivity index (χ3n) is 0.915. The van der Waals surface area contributed by atoms with Gasteiger partial charge in [0.25, 0.3) is 0 Å². The van der Waals surface area contributed by atoms with E-state index in [1.165, 1.54) is 0 Å². The van der Waals surface area contributed by atoms with E-state index in [1.54, 1.807) is 11.2 Å². The Morgan fingerprint density at radius 2 is 2.40 bits per heavy atom. The van der Waals surface area contributed by atoms with E-state index in [0.717, 1.165) is 11.3 Å². The van der Waals surface area contributed by atoms with Gasteiger partial charge in [-0.1, -0.05) is 11.3 Å². The monoisotopic (exact) mass is 220 g/mol. The lowest BCUT2D eigenvalue weighted by Crippen LogP contribution is -2.55. The van der Waals surface area contributed by atoms with Crippen LogP contribution in [0.2, 0.25) is 0 Å². The molecule has 0 bridgehead atoms. The number of nitroso groups, excluding NO2 is 1. The highest BCUT2D eigenvalue weighted by atomic mass is 79.9. The fraction of sp³-hybridized carbons (Fsp3) is 0. The SMILES string of the molecule is O=Cc1cc(Br)c([NH+]=O)s1. The van der Waals surface area contributed by atoms with Gasteiger partial charge in [-0.05, 0) is 22.0 Å². The fourth-order valence-electron chi connectivity index (χ4n) is 0.514. The van der Waals surface area contributed by atoms with E-state index in [2.05, 4.69) is 15.9 Å². The van der Waals surface area contributed by atoms with E-state index in [-0.39, 0.29) is 0 Å². The third kappa shape index (κ3) is 1.30. The Morgan fingerprint density at radius 3 is 2.70 bits per heavy atom. The van der Waals surface area contributed by atoms with Crippen LogP contribution in [0.1, 0.15) is 9.67 Å². The van der Waals surface area contributed by atoms with Crippen LogP contribution in [0.15, 0.2) is 10.5 Å². The van der Waals surface area contributed by atoms with Crippen molar-refractivity contribution in [2.24, 2.45) is 0 Å². The first-order valence-electron chi connectivity index (χ1n) is 2.40. The second kappa shape index (κ2) is 3.03. The highest BCUT2D eigenvalue weighted by Gasteiger charge is 2.10. The Morgan fingerprint density at radius 1 is 1.70 bits per heavy atom. The molecule has 5 heteroatoms. The molecule has 10 heavy (non-hydrogen) atoms. The van der Waals surface area contributed by atoms with Crippen LogP contribution in [-0.4, -0.2) is 6.29 Å². The van der Waals surface area contributed by atoms with E-state index in [9.17, 15) is 9.70 Å². The zero-order valence-corrected chi connectivity index (χ0v) is 7.16. The van der Waals surface area contributed by atoms with Crippen LogP contribution in [-0.2, 0) is 0 Å². The Hall–Kier alpha value is -0.550. The Bertz CT molecular complexity index is 271. The van der Waals surface area contributed by atoms with Gasteiger partial charge in [0.2, 0.25) is 0 Å². The molecule has 0 aliphatic heterocycles. The summed E-state index contributed by atoms with van der Waals surface area (Å²) < 4.78 is 0.634. The highest BCUT2D eigenvalue weighted by Crippen LogP contribution is 2.26. The first-order chi connectivity index (χ1) is 4.77. The molecule has 0 aliphatic rings. The number of hydrogen-bond donors (Lipinski definition) is 1. The molecular formula is C5H3BrNO2S+. The average Bonchev–Trinajstić information content (AvgIpc) is 2.30. The van der Waals surface area contributed by atoms with Crippen molar-refractivity contribution in [3.05, 3.63) is 20.3 Å². The van der Waals surface area contributed by atoms with Crippen LogP contribution >= 0.6 is 27.3 Å². The van der Waals surface area contributed by atoms with Gasteiger partial charge in [0.1, 0.15) is 4.47 Å². The first-order valence-corrected chi connectivity index (χ1v) is 4.01. The molecule has 0 saturated heterocycles. The van der Waals surface area contributed by atoms with Crippen molar-refractivity contribution in [3.63, 3.8) is 0 Å². The summed E-state index contributed by atoms with van der Waals surface area (Å²) in [7, 11) is 0. The molecule has 0 spiro atoms. The third-order valence-corrected chi connectivity index (χ3v) is 2.76. The van der Waals surface area contributed by atoms with Gasteiger partial charge >= 0.3 is 5.00 Å². The Balaban J connectivity index is 3.15. The number of aldehydes is 1. The lowest BCUT2D eigenvalue weighted by atomic mass is 10.5. The van der Waals surface area contributed by atoms with Crippen LogP contribution < -0.4 is 5.18 Å². The zero-order valence-electron chi connectivity index (χ0n) is 4.76. The molecule has 1 aromatic rings. The summed E-state index contributed by atoms with van der Waals surface area (Å²) in [6.07, 6.45) is 0.705. The quantitative estimate of drug-likeness (QED) is 0.751. The number of thiophene rings is 1. The summed E-state index contributed by atoms with van der Waals surface area (Å²) in [5, 5.41) is 2.15. The second-order valence-corrected chi connectivity index (χ2v) is 3.48. The molecule has 1 N–H and O–H groups in total. The average molecular weight is 221 g/mol. The second-order valence-electron chi connectivity index (χ2n) is 1.55. The van der Waals surface area contributed by atoms with Crippen molar-refractivity contribution in [1.29, 1.82) is 0 Å². The number of hydrogen-bond acceptors (Lipinski definition) is 3. The normalized spacial score (nSPS) is 9.30. The van der Waals surface area contributed by atoms with Crippen LogP contribution in [0.25, 0.3) is 0 Å². The van der Waals surface area contributed by atoms with E-state index in [0.29, 0.717) is 20.6 Å². The van der Waals surface area contributed by atoms with Gasteiger partial charge in [0, 0.05) is 10.1 Å². The molecule has 1 heterocycles. The minimum Gasteiger partial charge on any atom is -0.297 e. The Kier molecular flexibility index (Phi) is 2.29. The summed E-state index contributed by atoms with van der Waals surface area (Å²) in [5.41, 5.74) is 0. The molecule has 0 aromatic carbocycles. The summed E-state index contributed by atoms with van der Waals surface area (Å²) in [5.74, 6) is 0. The molecule has 0 saturated carbocycles. The Labute approximate surface area is 69.2 Å². The van der Waals surface area contributed by atoms with Gasteiger partial charge in [-0.2, -0.15) is 0 Å². The van der Waals surface area contributed by atoms with E-state index >= 15 is 0 Å². The smallest absolute Gasteiger partial charge is 0.297 e. The minimum absolute atomic E-state index is 0.433. The van der Waals surface area contributed by atoms with E-state index in [4.69, 9.17) is 0 Å². The molecule has 0 radical (unpaired) electrons. The number of halogens is 1. The maximum Gasteiger partial charge on any atom is 0.323 e. The molecule has 0 atom stereocenters. The number of rotatable bonds is 2. The van der Waals surface area contributed by atoms with Crippen molar-refractivity contribution in [3.8, 4) is 0 Å². The maximum atomic E-state index is 10.1. The maximum absolute atomic E-state index is 10.1. The molecule has 52 valence electrons. The van der Waals surface area contributed by atoms with Crippen LogP contribution in [0.5, 0.6) is 0 Å². The molecule has 0 aliphatic carbocycles. The van der Waals surface area contributed by atoms with Crippen LogP contribution in [0, 0.1) is 4.91 Å². The van der Waals surface area contributed by atoms with E-state index in [1.807, 2.05) is 0 Å². The summed E-state index contributed by atoms with van der Waals surface area (Å²) >= 11 is 4.23. The van der Waals surface area contributed by atoms with Crippen molar-refractivity contribution in [2.45, 2.75) is 0 Å². The minimum atomic E-state index is 0.433. The van der Waals surface area contributed by atoms with Crippen molar-refractivity contribution in [2.75, 3.05) is 0 Å². The first kappa shape index (κ1) is 7.56. The summed E-state index contributed by atoms with van der Waals surface area (Å²) in [4.78, 5) is 20.8. The molecule has 0 amide bonds. The molecule has 0 unspecified atom stereocenters. The summed E-state index contributed by atoms with van der Waals surface area (Å²) in [6, 6.07) is 1.60. The van der Waals surface area contributed by atoms with E-state index < -0.39 is 0 Å². The van der Waals surface area contributed by atoms with Gasteiger partial charge in [-0.3, -0.25) is 4.79 Å². The lowest BCUT2D eigenvalue weighted by molar-refractivity contribution is -0.375. The number of carbonyl (C=O) groups is 1. The molecular weight excluding hydrogens is 218 g/mol. The largest absolute Gasteiger partial charge is 0.323 e. The topological polar surface area (TPSA) is 48.1 Å². The van der Waals surface area contributed by atoms with Crippen molar-refractivity contribution >= 4 is 38.6 Å². The van der Waals surface area contributed by atoms with Gasteiger partial charge < -0.3 is 0 Å². The molecule has 3 nitrogen and oxygen atoms in total. The lowest BCUT2D eigenvalue weighted by Gasteiger charge is -1.67. The zero-order chi connectivity index (χ0) is 7.56. The van der Waals surface area contributed by atoms with Crippen LogP contribution in [0.4, 0.5) is 5.00 Å². The standard InChI is InChI=1S/C5H2BrNO2S/c6-4-1-3(2-8)10-5(4)7-9/h1-2H/p+1. The van der Waals surface area contributed by atoms with Crippen molar-refractivity contribution < 1.29 is 9.97 Å². The number of carbonyl (C=O) groups excluding carboxylic acids is 1. The predicted molar refractivity (Wildman–Crippen MR) is 41.4 cm³/mol. The molecule has 1 rings (SSSR count). The van der Waals surface area contributed by atoms with Crippen molar-refractivity contribution in [1.82, 2.24) is 0 Å². The highest BCUT2D eigenvalue weighted by molar-refractivity contribution is 9.10. The summed E-state index contributed by atoms with van der Waals surface area (Å²) in [6.45, 7) is 0. The molecule has 0 fully saturated rings. The fourth-order valence-corrected chi connectivity index (χ4v) is 1.89. The van der Waals surface area contributed by atoms with Gasteiger partial charge in [0.05, 0.1) is 4.88 Å².